The predicted octanol–water partition coefficient (Wildman–Crippen LogP) is 3.81. The molecule has 1 aromatic carbocycles. The number of carbonyl (C=O) groups excluding carboxylic acids is 1. The molecule has 1 aliphatic rings. The number of benzene rings is 1. The van der Waals surface area contributed by atoms with Crippen molar-refractivity contribution in [1.82, 2.24) is 0 Å². The number of rotatable bonds is 5. The summed E-state index contributed by atoms with van der Waals surface area (Å²) in [6.07, 6.45) is 6.37. The Morgan fingerprint density at radius 3 is 2.52 bits per heavy atom. The number of nitrogens with zero attached hydrogens (tertiary/aromatic N) is 2. The Hall–Kier alpha value is -1.91. The highest BCUT2D eigenvalue weighted by molar-refractivity contribution is 5.79. The summed E-state index contributed by atoms with van der Waals surface area (Å²) >= 11 is 0. The van der Waals surface area contributed by atoms with Crippen molar-refractivity contribution < 1.29 is 9.72 Å². The van der Waals surface area contributed by atoms with Gasteiger partial charge in [0.25, 0.3) is 5.69 Å². The normalized spacial score (nSPS) is 21.8. The summed E-state index contributed by atoms with van der Waals surface area (Å²) in [5.74, 6) is 0.794. The van der Waals surface area contributed by atoms with Crippen LogP contribution in [0, 0.1) is 16.0 Å². The highest BCUT2D eigenvalue weighted by Gasteiger charge is 2.27. The summed E-state index contributed by atoms with van der Waals surface area (Å²) in [4.78, 5) is 23.6. The maximum atomic E-state index is 11.2. The van der Waals surface area contributed by atoms with E-state index in [1.807, 2.05) is 11.9 Å². The molecule has 0 heterocycles. The van der Waals surface area contributed by atoms with E-state index in [2.05, 4.69) is 6.92 Å². The summed E-state index contributed by atoms with van der Waals surface area (Å²) in [5, 5.41) is 11.2. The summed E-state index contributed by atoms with van der Waals surface area (Å²) in [6.45, 7) is 2.22. The van der Waals surface area contributed by atoms with E-state index in [1.165, 1.54) is 25.3 Å². The van der Waals surface area contributed by atoms with Gasteiger partial charge in [-0.05, 0) is 43.7 Å². The van der Waals surface area contributed by atoms with Crippen molar-refractivity contribution in [3.63, 3.8) is 0 Å². The van der Waals surface area contributed by atoms with Gasteiger partial charge in [-0.3, -0.25) is 14.9 Å². The largest absolute Gasteiger partial charge is 0.366 e. The third kappa shape index (κ3) is 3.40. The van der Waals surface area contributed by atoms with Crippen LogP contribution in [0.5, 0.6) is 0 Å². The van der Waals surface area contributed by atoms with Crippen molar-refractivity contribution in [3.8, 4) is 0 Å². The van der Waals surface area contributed by atoms with Crippen LogP contribution >= 0.6 is 0 Å². The first-order chi connectivity index (χ1) is 10.1. The number of hydrogen-bond acceptors (Lipinski definition) is 4. The molecule has 0 spiro atoms. The van der Waals surface area contributed by atoms with Gasteiger partial charge in [-0.15, -0.1) is 0 Å². The predicted molar refractivity (Wildman–Crippen MR) is 82.9 cm³/mol. The van der Waals surface area contributed by atoms with Gasteiger partial charge in [-0.2, -0.15) is 0 Å². The van der Waals surface area contributed by atoms with Crippen LogP contribution in [0.15, 0.2) is 18.2 Å². The molecule has 5 nitrogen and oxygen atoms in total. The van der Waals surface area contributed by atoms with Gasteiger partial charge in [-0.1, -0.05) is 13.3 Å². The van der Waals surface area contributed by atoms with Gasteiger partial charge in [0.1, 0.15) is 12.0 Å². The van der Waals surface area contributed by atoms with Crippen LogP contribution < -0.4 is 4.90 Å². The van der Waals surface area contributed by atoms with Crippen molar-refractivity contribution in [3.05, 3.63) is 33.9 Å². The number of nitro benzene ring substituents is 1. The average Bonchev–Trinajstić information content (AvgIpc) is 2.53. The standard InChI is InChI=1S/C16H22N2O3/c1-3-12-4-7-14(8-5-12)17(2)15-9-6-13(11-19)10-16(15)18(20)21/h6,9-12,14H,3-5,7-8H2,1-2H3. The molecule has 114 valence electrons. The first kappa shape index (κ1) is 15.5. The molecular weight excluding hydrogens is 268 g/mol. The second-order valence-electron chi connectivity index (χ2n) is 5.82. The van der Waals surface area contributed by atoms with Crippen LogP contribution in [0.2, 0.25) is 0 Å². The van der Waals surface area contributed by atoms with E-state index in [0.717, 1.165) is 18.8 Å². The number of aldehydes is 1. The molecule has 0 saturated heterocycles. The minimum atomic E-state index is -0.406. The lowest BCUT2D eigenvalue weighted by molar-refractivity contribution is -0.384. The molecule has 0 N–H and O–H groups in total. The molecule has 1 aliphatic carbocycles. The second-order valence-corrected chi connectivity index (χ2v) is 5.82. The quantitative estimate of drug-likeness (QED) is 0.470. The Morgan fingerprint density at radius 1 is 1.33 bits per heavy atom. The molecule has 0 atom stereocenters. The van der Waals surface area contributed by atoms with Gasteiger partial charge in [-0.25, -0.2) is 0 Å². The molecule has 0 unspecified atom stereocenters. The Balaban J connectivity index is 2.21. The van der Waals surface area contributed by atoms with E-state index in [-0.39, 0.29) is 5.69 Å². The van der Waals surface area contributed by atoms with E-state index in [0.29, 0.717) is 23.6 Å². The molecule has 1 fully saturated rings. The molecule has 1 saturated carbocycles. The van der Waals surface area contributed by atoms with Gasteiger partial charge in [0.05, 0.1) is 4.92 Å². The molecule has 21 heavy (non-hydrogen) atoms. The maximum absolute atomic E-state index is 11.2. The van der Waals surface area contributed by atoms with E-state index < -0.39 is 4.92 Å². The van der Waals surface area contributed by atoms with E-state index in [4.69, 9.17) is 0 Å². The molecule has 0 radical (unpaired) electrons. The van der Waals surface area contributed by atoms with Crippen molar-refractivity contribution in [2.45, 2.75) is 45.1 Å². The highest BCUT2D eigenvalue weighted by atomic mass is 16.6. The van der Waals surface area contributed by atoms with Crippen molar-refractivity contribution in [2.75, 3.05) is 11.9 Å². The number of nitro groups is 1. The third-order valence-corrected chi connectivity index (χ3v) is 4.65. The first-order valence-corrected chi connectivity index (χ1v) is 7.53. The lowest BCUT2D eigenvalue weighted by Crippen LogP contribution is -2.35. The lowest BCUT2D eigenvalue weighted by atomic mass is 9.84. The topological polar surface area (TPSA) is 63.5 Å². The fourth-order valence-electron chi connectivity index (χ4n) is 3.20. The van der Waals surface area contributed by atoms with Crippen molar-refractivity contribution in [2.24, 2.45) is 5.92 Å². The van der Waals surface area contributed by atoms with Gasteiger partial charge in [0, 0.05) is 24.7 Å². The van der Waals surface area contributed by atoms with Gasteiger partial charge >= 0.3 is 0 Å². The maximum Gasteiger partial charge on any atom is 0.293 e. The van der Waals surface area contributed by atoms with Crippen LogP contribution in [-0.2, 0) is 0 Å². The van der Waals surface area contributed by atoms with Crippen molar-refractivity contribution >= 4 is 17.7 Å². The van der Waals surface area contributed by atoms with Crippen LogP contribution in [-0.4, -0.2) is 24.3 Å². The van der Waals surface area contributed by atoms with Crippen LogP contribution in [0.1, 0.15) is 49.4 Å². The Morgan fingerprint density at radius 2 is 2.00 bits per heavy atom. The molecule has 1 aromatic rings. The fourth-order valence-corrected chi connectivity index (χ4v) is 3.20. The Labute approximate surface area is 125 Å². The van der Waals surface area contributed by atoms with Gasteiger partial charge in [0.2, 0.25) is 0 Å². The SMILES string of the molecule is CCC1CCC(N(C)c2ccc(C=O)cc2[N+](=O)[O-])CC1. The number of carbonyl (C=O) groups is 1. The van der Waals surface area contributed by atoms with Crippen LogP contribution in [0.3, 0.4) is 0 Å². The summed E-state index contributed by atoms with van der Waals surface area (Å²) < 4.78 is 0. The molecule has 0 amide bonds. The van der Waals surface area contributed by atoms with Crippen LogP contribution in [0.4, 0.5) is 11.4 Å². The minimum Gasteiger partial charge on any atom is -0.366 e. The second kappa shape index (κ2) is 6.70. The zero-order valence-electron chi connectivity index (χ0n) is 12.6. The van der Waals surface area contributed by atoms with Gasteiger partial charge in [0.15, 0.2) is 0 Å². The smallest absolute Gasteiger partial charge is 0.293 e. The van der Waals surface area contributed by atoms with E-state index in [1.54, 1.807) is 12.1 Å². The number of anilines is 1. The first-order valence-electron chi connectivity index (χ1n) is 7.53. The Bertz CT molecular complexity index is 522. The number of hydrogen-bond donors (Lipinski definition) is 0. The summed E-state index contributed by atoms with van der Waals surface area (Å²) in [7, 11) is 1.92. The monoisotopic (exact) mass is 290 g/mol. The molecule has 5 heteroatoms. The molecular formula is C16H22N2O3. The zero-order valence-corrected chi connectivity index (χ0v) is 12.6. The van der Waals surface area contributed by atoms with Gasteiger partial charge < -0.3 is 4.90 Å². The zero-order chi connectivity index (χ0) is 15.4. The highest BCUT2D eigenvalue weighted by Crippen LogP contribution is 2.35. The average molecular weight is 290 g/mol. The molecule has 0 bridgehead atoms. The van der Waals surface area contributed by atoms with E-state index in [9.17, 15) is 14.9 Å². The molecule has 0 aromatic heterocycles. The van der Waals surface area contributed by atoms with Crippen molar-refractivity contribution in [1.29, 1.82) is 0 Å². The minimum absolute atomic E-state index is 0.0136. The Kier molecular flexibility index (Phi) is 4.94. The van der Waals surface area contributed by atoms with E-state index >= 15 is 0 Å². The summed E-state index contributed by atoms with van der Waals surface area (Å²) in [6, 6.07) is 5.03. The molecule has 0 aliphatic heterocycles. The van der Waals surface area contributed by atoms with Crippen LogP contribution in [0.25, 0.3) is 0 Å². The summed E-state index contributed by atoms with van der Waals surface area (Å²) in [5.41, 5.74) is 0.957. The fraction of sp³-hybridized carbons (Fsp3) is 0.562. The molecule has 2 rings (SSSR count). The third-order valence-electron chi connectivity index (χ3n) is 4.65. The lowest BCUT2D eigenvalue weighted by Gasteiger charge is -2.35.